The molecule has 0 aliphatic carbocycles. The second-order valence-corrected chi connectivity index (χ2v) is 7.95. The van der Waals surface area contributed by atoms with Crippen LogP contribution >= 0.6 is 0 Å². The first-order chi connectivity index (χ1) is 14.5. The fourth-order valence-electron chi connectivity index (χ4n) is 2.74. The third-order valence-electron chi connectivity index (χ3n) is 4.23. The molecule has 6 nitrogen and oxygen atoms in total. The largest absolute Gasteiger partial charge is 0.497 e. The summed E-state index contributed by atoms with van der Waals surface area (Å²) in [5.74, 6) is -0.321. The molecule has 0 spiro atoms. The van der Waals surface area contributed by atoms with Gasteiger partial charge in [0.05, 0.1) is 17.7 Å². The number of hydrogen-bond donors (Lipinski definition) is 0. The highest BCUT2D eigenvalue weighted by Gasteiger charge is 2.32. The van der Waals surface area contributed by atoms with E-state index in [2.05, 4.69) is 0 Å². The normalized spacial score (nSPS) is 11.4. The Morgan fingerprint density at radius 1 is 0.933 bits per heavy atom. The van der Waals surface area contributed by atoms with Gasteiger partial charge in [0.15, 0.2) is 0 Å². The molecule has 0 bridgehead atoms. The molecule has 3 aromatic carbocycles. The van der Waals surface area contributed by atoms with Gasteiger partial charge in [0.1, 0.15) is 17.4 Å². The fraction of sp³-hybridized carbons (Fsp3) is 0.0435. The number of hydrogen-bond acceptors (Lipinski definition) is 5. The average molecular weight is 418 g/mol. The van der Waals surface area contributed by atoms with E-state index in [9.17, 15) is 18.5 Å². The van der Waals surface area contributed by atoms with Crippen LogP contribution in [0.2, 0.25) is 0 Å². The number of para-hydroxylation sites is 1. The molecule has 0 N–H and O–H groups in total. The minimum Gasteiger partial charge on any atom is -0.497 e. The minimum atomic E-state index is -4.24. The van der Waals surface area contributed by atoms with Gasteiger partial charge in [0.25, 0.3) is 15.9 Å². The monoisotopic (exact) mass is 418 g/mol. The molecule has 0 aliphatic rings. The molecule has 7 heteroatoms. The van der Waals surface area contributed by atoms with E-state index >= 15 is 0 Å². The van der Waals surface area contributed by atoms with Gasteiger partial charge in [0, 0.05) is 0 Å². The zero-order valence-electron chi connectivity index (χ0n) is 16.1. The summed E-state index contributed by atoms with van der Waals surface area (Å²) in [6, 6.07) is 24.1. The summed E-state index contributed by atoms with van der Waals surface area (Å²) in [6.07, 6.45) is 1.35. The Morgan fingerprint density at radius 3 is 2.03 bits per heavy atom. The number of sulfonamides is 1. The van der Waals surface area contributed by atoms with Crippen LogP contribution in [0.25, 0.3) is 6.08 Å². The zero-order valence-corrected chi connectivity index (χ0v) is 16.9. The van der Waals surface area contributed by atoms with Gasteiger partial charge in [-0.3, -0.25) is 4.79 Å². The summed E-state index contributed by atoms with van der Waals surface area (Å²) in [6.45, 7) is 0. The van der Waals surface area contributed by atoms with Crippen molar-refractivity contribution in [1.82, 2.24) is 0 Å². The molecule has 150 valence electrons. The van der Waals surface area contributed by atoms with Crippen molar-refractivity contribution in [2.75, 3.05) is 11.4 Å². The topological polar surface area (TPSA) is 87.5 Å². The van der Waals surface area contributed by atoms with Gasteiger partial charge in [-0.1, -0.05) is 48.5 Å². The molecule has 0 aliphatic heterocycles. The van der Waals surface area contributed by atoms with Crippen LogP contribution in [0.3, 0.4) is 0 Å². The number of carbonyl (C=O) groups is 1. The smallest absolute Gasteiger partial charge is 0.282 e. The Labute approximate surface area is 175 Å². The van der Waals surface area contributed by atoms with Gasteiger partial charge in [0.2, 0.25) is 0 Å². The number of ether oxygens (including phenoxy) is 1. The molecular formula is C23H18N2O4S. The number of amides is 1. The van der Waals surface area contributed by atoms with Crippen molar-refractivity contribution in [2.45, 2.75) is 4.90 Å². The van der Waals surface area contributed by atoms with Gasteiger partial charge >= 0.3 is 0 Å². The maximum absolute atomic E-state index is 13.3. The molecule has 0 fully saturated rings. The van der Waals surface area contributed by atoms with Crippen LogP contribution in [-0.2, 0) is 14.8 Å². The van der Waals surface area contributed by atoms with Gasteiger partial charge in [-0.15, -0.1) is 0 Å². The van der Waals surface area contributed by atoms with Crippen LogP contribution in [0.4, 0.5) is 5.69 Å². The third-order valence-corrected chi connectivity index (χ3v) is 5.96. The van der Waals surface area contributed by atoms with Crippen LogP contribution in [0.1, 0.15) is 5.56 Å². The van der Waals surface area contributed by atoms with Crippen molar-refractivity contribution in [2.24, 2.45) is 0 Å². The number of carbonyl (C=O) groups excluding carboxylic acids is 1. The Morgan fingerprint density at radius 2 is 1.50 bits per heavy atom. The second-order valence-electron chi connectivity index (χ2n) is 6.17. The SMILES string of the molecule is COc1ccc(/C=C(\C#N)C(=O)N(c2ccccc2)S(=O)(=O)c2ccccc2)cc1. The van der Waals surface area contributed by atoms with E-state index < -0.39 is 15.9 Å². The van der Waals surface area contributed by atoms with E-state index in [0.29, 0.717) is 15.6 Å². The molecule has 0 aromatic heterocycles. The zero-order chi connectivity index (χ0) is 21.6. The highest BCUT2D eigenvalue weighted by atomic mass is 32.2. The highest BCUT2D eigenvalue weighted by Crippen LogP contribution is 2.26. The maximum atomic E-state index is 13.3. The molecule has 30 heavy (non-hydrogen) atoms. The van der Waals surface area contributed by atoms with Crippen LogP contribution in [-0.4, -0.2) is 21.4 Å². The summed E-state index contributed by atoms with van der Waals surface area (Å²) in [5.41, 5.74) is 0.386. The fourth-order valence-corrected chi connectivity index (χ4v) is 4.17. The predicted octanol–water partition coefficient (Wildman–Crippen LogP) is 4.02. The molecule has 0 radical (unpaired) electrons. The third kappa shape index (κ3) is 4.40. The van der Waals surface area contributed by atoms with E-state index in [0.717, 1.165) is 0 Å². The van der Waals surface area contributed by atoms with E-state index in [4.69, 9.17) is 4.74 Å². The Kier molecular flexibility index (Phi) is 6.30. The minimum absolute atomic E-state index is 0.0519. The van der Waals surface area contributed by atoms with Crippen molar-refractivity contribution < 1.29 is 17.9 Å². The quantitative estimate of drug-likeness (QED) is 0.446. The van der Waals surface area contributed by atoms with E-state index in [1.165, 1.54) is 37.5 Å². The summed E-state index contributed by atoms with van der Waals surface area (Å²) in [5, 5.41) is 9.61. The van der Waals surface area contributed by atoms with Crippen LogP contribution in [0.5, 0.6) is 5.75 Å². The van der Waals surface area contributed by atoms with Crippen LogP contribution in [0.15, 0.2) is 95.4 Å². The molecular weight excluding hydrogens is 400 g/mol. The first-order valence-corrected chi connectivity index (χ1v) is 10.4. The Balaban J connectivity index is 2.10. The lowest BCUT2D eigenvalue weighted by atomic mass is 10.1. The van der Waals surface area contributed by atoms with Gasteiger partial charge in [-0.25, -0.2) is 8.42 Å². The number of rotatable bonds is 6. The van der Waals surface area contributed by atoms with E-state index in [1.54, 1.807) is 60.7 Å². The molecule has 3 rings (SSSR count). The predicted molar refractivity (Wildman–Crippen MR) is 114 cm³/mol. The molecule has 0 saturated heterocycles. The first kappa shape index (κ1) is 20.8. The molecule has 0 atom stereocenters. The van der Waals surface area contributed by atoms with Crippen LogP contribution in [0, 0.1) is 11.3 Å². The number of benzene rings is 3. The van der Waals surface area contributed by atoms with Crippen LogP contribution < -0.4 is 9.04 Å². The molecule has 0 heterocycles. The van der Waals surface area contributed by atoms with Crippen molar-refractivity contribution in [3.63, 3.8) is 0 Å². The lowest BCUT2D eigenvalue weighted by Crippen LogP contribution is -2.37. The lowest BCUT2D eigenvalue weighted by molar-refractivity contribution is -0.113. The molecule has 0 unspecified atom stereocenters. The highest BCUT2D eigenvalue weighted by molar-refractivity contribution is 7.93. The maximum Gasteiger partial charge on any atom is 0.282 e. The number of nitriles is 1. The van der Waals surface area contributed by atoms with Crippen molar-refractivity contribution in [3.05, 3.63) is 96.1 Å². The lowest BCUT2D eigenvalue weighted by Gasteiger charge is -2.22. The molecule has 3 aromatic rings. The Bertz CT molecular complexity index is 1200. The molecule has 0 saturated carbocycles. The number of nitrogens with zero attached hydrogens (tertiary/aromatic N) is 2. The van der Waals surface area contributed by atoms with Crippen molar-refractivity contribution in [3.8, 4) is 11.8 Å². The van der Waals surface area contributed by atoms with Gasteiger partial charge in [-0.05, 0) is 48.0 Å². The molecule has 1 amide bonds. The average Bonchev–Trinajstić information content (AvgIpc) is 2.79. The summed E-state index contributed by atoms with van der Waals surface area (Å²) < 4.78 is 32.3. The number of anilines is 1. The standard InChI is InChI=1S/C23H18N2O4S/c1-29-21-14-12-18(13-15-21)16-19(17-24)23(26)25(20-8-4-2-5-9-20)30(27,28)22-10-6-3-7-11-22/h2-16H,1H3/b19-16+. The first-order valence-electron chi connectivity index (χ1n) is 8.93. The second kappa shape index (κ2) is 9.07. The van der Waals surface area contributed by atoms with Gasteiger partial charge < -0.3 is 4.74 Å². The van der Waals surface area contributed by atoms with E-state index in [-0.39, 0.29) is 16.2 Å². The summed E-state index contributed by atoms with van der Waals surface area (Å²) in [4.78, 5) is 13.2. The van der Waals surface area contributed by atoms with E-state index in [1.807, 2.05) is 6.07 Å². The van der Waals surface area contributed by atoms with Gasteiger partial charge in [-0.2, -0.15) is 9.57 Å². The summed E-state index contributed by atoms with van der Waals surface area (Å²) in [7, 11) is -2.71. The van der Waals surface area contributed by atoms with Crippen molar-refractivity contribution >= 4 is 27.7 Å². The summed E-state index contributed by atoms with van der Waals surface area (Å²) >= 11 is 0. The van der Waals surface area contributed by atoms with Crippen molar-refractivity contribution in [1.29, 1.82) is 5.26 Å². The Hall–Kier alpha value is -3.89. The number of methoxy groups -OCH3 is 1.